The van der Waals surface area contributed by atoms with Crippen molar-refractivity contribution >= 4 is 0 Å². The molecule has 1 heteroatoms. The average Bonchev–Trinajstić information content (AvgIpc) is 2.23. The van der Waals surface area contributed by atoms with E-state index in [1.165, 1.54) is 30.4 Å². The molecule has 1 rings (SSSR count). The molecule has 0 bridgehead atoms. The standard InChI is InChI=1S/C17H29N/c1-14(2)12-16-9-6-8-15(13-16)10-7-11-18-17(3,4)5/h6,8-9,13-14,18H,7,10-12H2,1-5H3. The van der Waals surface area contributed by atoms with Crippen LogP contribution < -0.4 is 5.32 Å². The molecule has 18 heavy (non-hydrogen) atoms. The van der Waals surface area contributed by atoms with E-state index in [0.717, 1.165) is 12.5 Å². The van der Waals surface area contributed by atoms with Gasteiger partial charge in [0.05, 0.1) is 0 Å². The lowest BCUT2D eigenvalue weighted by Gasteiger charge is -2.20. The molecule has 0 aliphatic heterocycles. The normalized spacial score (nSPS) is 12.1. The molecule has 0 aliphatic rings. The minimum Gasteiger partial charge on any atom is -0.312 e. The highest BCUT2D eigenvalue weighted by Gasteiger charge is 2.07. The zero-order chi connectivity index (χ0) is 13.6. The lowest BCUT2D eigenvalue weighted by Crippen LogP contribution is -2.36. The van der Waals surface area contributed by atoms with E-state index in [-0.39, 0.29) is 5.54 Å². The Labute approximate surface area is 113 Å². The minimum atomic E-state index is 0.236. The van der Waals surface area contributed by atoms with Crippen molar-refractivity contribution in [3.8, 4) is 0 Å². The molecule has 0 amide bonds. The van der Waals surface area contributed by atoms with Gasteiger partial charge in [0.15, 0.2) is 0 Å². The summed E-state index contributed by atoms with van der Waals surface area (Å²) < 4.78 is 0. The maximum Gasteiger partial charge on any atom is 0.00965 e. The van der Waals surface area contributed by atoms with Crippen molar-refractivity contribution in [2.45, 2.75) is 59.4 Å². The Balaban J connectivity index is 2.38. The van der Waals surface area contributed by atoms with E-state index >= 15 is 0 Å². The highest BCUT2D eigenvalue weighted by molar-refractivity contribution is 5.23. The van der Waals surface area contributed by atoms with Gasteiger partial charge in [-0.1, -0.05) is 38.1 Å². The summed E-state index contributed by atoms with van der Waals surface area (Å²) in [4.78, 5) is 0. The van der Waals surface area contributed by atoms with Crippen LogP contribution in [0.15, 0.2) is 24.3 Å². The Bertz CT molecular complexity index is 347. The molecular formula is C17H29N. The van der Waals surface area contributed by atoms with E-state index in [1.54, 1.807) is 0 Å². The quantitative estimate of drug-likeness (QED) is 0.743. The van der Waals surface area contributed by atoms with E-state index in [0.29, 0.717) is 0 Å². The van der Waals surface area contributed by atoms with Crippen LogP contribution in [0.2, 0.25) is 0 Å². The molecule has 0 unspecified atom stereocenters. The number of hydrogen-bond donors (Lipinski definition) is 1. The summed E-state index contributed by atoms with van der Waals surface area (Å²) in [6, 6.07) is 9.07. The second kappa shape index (κ2) is 6.94. The van der Waals surface area contributed by atoms with Crippen LogP contribution in [0.3, 0.4) is 0 Å². The van der Waals surface area contributed by atoms with E-state index in [9.17, 15) is 0 Å². The zero-order valence-electron chi connectivity index (χ0n) is 12.7. The molecule has 0 spiro atoms. The molecule has 1 nitrogen and oxygen atoms in total. The first kappa shape index (κ1) is 15.2. The van der Waals surface area contributed by atoms with Gasteiger partial charge in [-0.15, -0.1) is 0 Å². The van der Waals surface area contributed by atoms with Crippen LogP contribution in [0.1, 0.15) is 52.2 Å². The summed E-state index contributed by atoms with van der Waals surface area (Å²) in [5.41, 5.74) is 3.19. The number of benzene rings is 1. The summed E-state index contributed by atoms with van der Waals surface area (Å²) in [7, 11) is 0. The highest BCUT2D eigenvalue weighted by atomic mass is 14.9. The SMILES string of the molecule is CC(C)Cc1cccc(CCCNC(C)(C)C)c1. The Kier molecular flexibility index (Phi) is 5.87. The van der Waals surface area contributed by atoms with Crippen LogP contribution in [0.5, 0.6) is 0 Å². The third-order valence-corrected chi connectivity index (χ3v) is 2.93. The number of aryl methyl sites for hydroxylation is 1. The Morgan fingerprint density at radius 2 is 1.78 bits per heavy atom. The van der Waals surface area contributed by atoms with Gasteiger partial charge in [0.1, 0.15) is 0 Å². The first-order chi connectivity index (χ1) is 8.37. The summed E-state index contributed by atoms with van der Waals surface area (Å²) in [6.45, 7) is 12.3. The van der Waals surface area contributed by atoms with Crippen LogP contribution in [0.25, 0.3) is 0 Å². The van der Waals surface area contributed by atoms with Gasteiger partial charge in [-0.05, 0) is 63.6 Å². The Hall–Kier alpha value is -0.820. The molecular weight excluding hydrogens is 218 g/mol. The third kappa shape index (κ3) is 6.80. The Morgan fingerprint density at radius 3 is 2.39 bits per heavy atom. The minimum absolute atomic E-state index is 0.236. The summed E-state index contributed by atoms with van der Waals surface area (Å²) >= 11 is 0. The molecule has 0 saturated carbocycles. The van der Waals surface area contributed by atoms with Crippen LogP contribution in [0.4, 0.5) is 0 Å². The fourth-order valence-electron chi connectivity index (χ4n) is 2.14. The average molecular weight is 247 g/mol. The zero-order valence-corrected chi connectivity index (χ0v) is 12.7. The van der Waals surface area contributed by atoms with Gasteiger partial charge < -0.3 is 5.32 Å². The molecule has 102 valence electrons. The predicted octanol–water partition coefficient (Wildman–Crippen LogP) is 4.21. The summed E-state index contributed by atoms with van der Waals surface area (Å²) in [6.07, 6.45) is 3.57. The van der Waals surface area contributed by atoms with Crippen molar-refractivity contribution in [2.75, 3.05) is 6.54 Å². The van der Waals surface area contributed by atoms with Gasteiger partial charge >= 0.3 is 0 Å². The molecule has 0 aliphatic carbocycles. The second-order valence-corrected chi connectivity index (χ2v) is 6.70. The van der Waals surface area contributed by atoms with Gasteiger partial charge in [0.25, 0.3) is 0 Å². The lowest BCUT2D eigenvalue weighted by molar-refractivity contribution is 0.422. The number of nitrogens with one attached hydrogen (secondary N) is 1. The summed E-state index contributed by atoms with van der Waals surface area (Å²) in [5, 5.41) is 3.54. The number of rotatable bonds is 6. The van der Waals surface area contributed by atoms with E-state index in [2.05, 4.69) is 64.2 Å². The van der Waals surface area contributed by atoms with Crippen molar-refractivity contribution in [1.29, 1.82) is 0 Å². The first-order valence-corrected chi connectivity index (χ1v) is 7.19. The second-order valence-electron chi connectivity index (χ2n) is 6.70. The molecule has 0 radical (unpaired) electrons. The van der Waals surface area contributed by atoms with Crippen LogP contribution in [0, 0.1) is 5.92 Å². The van der Waals surface area contributed by atoms with Gasteiger partial charge in [-0.3, -0.25) is 0 Å². The van der Waals surface area contributed by atoms with Gasteiger partial charge in [-0.25, -0.2) is 0 Å². The fourth-order valence-corrected chi connectivity index (χ4v) is 2.14. The molecule has 1 aromatic carbocycles. The van der Waals surface area contributed by atoms with Crippen LogP contribution >= 0.6 is 0 Å². The van der Waals surface area contributed by atoms with Crippen LogP contribution in [-0.2, 0) is 12.8 Å². The fraction of sp³-hybridized carbons (Fsp3) is 0.647. The van der Waals surface area contributed by atoms with E-state index < -0.39 is 0 Å². The maximum atomic E-state index is 3.54. The molecule has 1 aromatic rings. The first-order valence-electron chi connectivity index (χ1n) is 7.19. The lowest BCUT2D eigenvalue weighted by atomic mass is 9.99. The Morgan fingerprint density at radius 1 is 1.11 bits per heavy atom. The maximum absolute atomic E-state index is 3.54. The molecule has 0 atom stereocenters. The molecule has 1 N–H and O–H groups in total. The highest BCUT2D eigenvalue weighted by Crippen LogP contribution is 2.12. The van der Waals surface area contributed by atoms with Crippen LogP contribution in [-0.4, -0.2) is 12.1 Å². The molecule has 0 heterocycles. The van der Waals surface area contributed by atoms with Crippen molar-refractivity contribution in [2.24, 2.45) is 5.92 Å². The monoisotopic (exact) mass is 247 g/mol. The smallest absolute Gasteiger partial charge is 0.00965 e. The molecule has 0 fully saturated rings. The van der Waals surface area contributed by atoms with Crippen molar-refractivity contribution in [3.05, 3.63) is 35.4 Å². The van der Waals surface area contributed by atoms with E-state index in [1.807, 2.05) is 0 Å². The largest absolute Gasteiger partial charge is 0.312 e. The van der Waals surface area contributed by atoms with Crippen molar-refractivity contribution in [1.82, 2.24) is 5.32 Å². The topological polar surface area (TPSA) is 12.0 Å². The third-order valence-electron chi connectivity index (χ3n) is 2.93. The van der Waals surface area contributed by atoms with E-state index in [4.69, 9.17) is 0 Å². The van der Waals surface area contributed by atoms with Gasteiger partial charge in [-0.2, -0.15) is 0 Å². The van der Waals surface area contributed by atoms with Gasteiger partial charge in [0, 0.05) is 5.54 Å². The molecule has 0 saturated heterocycles. The van der Waals surface area contributed by atoms with Crippen molar-refractivity contribution < 1.29 is 0 Å². The van der Waals surface area contributed by atoms with Gasteiger partial charge in [0.2, 0.25) is 0 Å². The molecule has 0 aromatic heterocycles. The number of hydrogen-bond acceptors (Lipinski definition) is 1. The van der Waals surface area contributed by atoms with Crippen molar-refractivity contribution in [3.63, 3.8) is 0 Å². The predicted molar refractivity (Wildman–Crippen MR) is 81.1 cm³/mol. The summed E-state index contributed by atoms with van der Waals surface area (Å²) in [5.74, 6) is 0.739.